The van der Waals surface area contributed by atoms with Gasteiger partial charge in [-0.3, -0.25) is 0 Å². The van der Waals surface area contributed by atoms with E-state index in [1.807, 2.05) is 31.2 Å². The van der Waals surface area contributed by atoms with E-state index >= 15 is 0 Å². The second-order valence-electron chi connectivity index (χ2n) is 7.41. The van der Waals surface area contributed by atoms with Crippen LogP contribution in [-0.4, -0.2) is 54.2 Å². The maximum absolute atomic E-state index is 11.5. The fraction of sp³-hybridized carbons (Fsp3) is 0.381. The number of sulfone groups is 1. The largest absolute Gasteiger partial charge is 0.441 e. The van der Waals surface area contributed by atoms with Crippen molar-refractivity contribution < 1.29 is 12.8 Å². The summed E-state index contributed by atoms with van der Waals surface area (Å²) in [7, 11) is -3.31. The summed E-state index contributed by atoms with van der Waals surface area (Å²) in [5.41, 5.74) is 2.69. The lowest BCUT2D eigenvalue weighted by atomic mass is 10.1. The molecule has 0 saturated carbocycles. The Hall–Kier alpha value is -2.58. The quantitative estimate of drug-likeness (QED) is 0.614. The lowest BCUT2D eigenvalue weighted by Gasteiger charge is -2.12. The zero-order chi connectivity index (χ0) is 20.4. The molecule has 29 heavy (non-hydrogen) atoms. The van der Waals surface area contributed by atoms with Crippen molar-refractivity contribution in [2.24, 2.45) is 0 Å². The molecule has 4 rings (SSSR count). The molecule has 7 nitrogen and oxygen atoms in total. The van der Waals surface area contributed by atoms with Crippen LogP contribution in [0.25, 0.3) is 22.8 Å². The van der Waals surface area contributed by atoms with Crippen LogP contribution in [0.2, 0.25) is 0 Å². The minimum absolute atomic E-state index is 0.106. The van der Waals surface area contributed by atoms with E-state index in [4.69, 9.17) is 9.40 Å². The third-order valence-corrected chi connectivity index (χ3v) is 6.27. The van der Waals surface area contributed by atoms with Crippen LogP contribution in [0.3, 0.4) is 0 Å². The molecule has 0 unspecified atom stereocenters. The van der Waals surface area contributed by atoms with Gasteiger partial charge in [0.05, 0.1) is 5.69 Å². The highest BCUT2D eigenvalue weighted by Crippen LogP contribution is 2.25. The summed E-state index contributed by atoms with van der Waals surface area (Å²) in [6, 6.07) is 7.60. The Balaban J connectivity index is 1.48. The zero-order valence-corrected chi connectivity index (χ0v) is 17.4. The summed E-state index contributed by atoms with van der Waals surface area (Å²) in [5.74, 6) is 1.95. The number of rotatable bonds is 6. The molecule has 3 aromatic rings. The monoisotopic (exact) mass is 412 g/mol. The Morgan fingerprint density at radius 2 is 1.66 bits per heavy atom. The molecule has 1 aliphatic rings. The highest BCUT2D eigenvalue weighted by molar-refractivity contribution is 7.90. The van der Waals surface area contributed by atoms with E-state index in [0.717, 1.165) is 41.8 Å². The molecule has 1 aromatic carbocycles. The first-order valence-corrected chi connectivity index (χ1v) is 11.6. The number of likely N-dealkylation sites (tertiary alicyclic amines) is 1. The van der Waals surface area contributed by atoms with E-state index in [1.165, 1.54) is 38.3 Å². The number of aromatic nitrogens is 3. The van der Waals surface area contributed by atoms with Gasteiger partial charge in [-0.15, -0.1) is 0 Å². The Kier molecular flexibility index (Phi) is 5.47. The summed E-state index contributed by atoms with van der Waals surface area (Å²) in [4.78, 5) is 15.6. The van der Waals surface area contributed by atoms with Gasteiger partial charge in [0.1, 0.15) is 10.7 Å². The van der Waals surface area contributed by atoms with Crippen LogP contribution in [0.4, 0.5) is 0 Å². The second-order valence-corrected chi connectivity index (χ2v) is 9.43. The summed E-state index contributed by atoms with van der Waals surface area (Å²) >= 11 is 0. The summed E-state index contributed by atoms with van der Waals surface area (Å²) in [5, 5.41) is 0. The molecule has 0 bridgehead atoms. The van der Waals surface area contributed by atoms with Crippen LogP contribution in [0, 0.1) is 6.92 Å². The average Bonchev–Trinajstić information content (AvgIpc) is 3.35. The molecule has 1 aliphatic heterocycles. The van der Waals surface area contributed by atoms with Crippen molar-refractivity contribution in [3.05, 3.63) is 48.1 Å². The van der Waals surface area contributed by atoms with Crippen molar-refractivity contribution in [3.8, 4) is 22.8 Å². The summed E-state index contributed by atoms with van der Waals surface area (Å²) < 4.78 is 29.0. The third kappa shape index (κ3) is 4.54. The normalized spacial score (nSPS) is 15.1. The maximum Gasteiger partial charge on any atom is 0.226 e. The molecule has 0 atom stereocenters. The number of hydrogen-bond acceptors (Lipinski definition) is 7. The fourth-order valence-electron chi connectivity index (χ4n) is 3.47. The number of aryl methyl sites for hydroxylation is 1. The molecule has 0 spiro atoms. The standard InChI is InChI=1S/C21H24N4O3S/c1-15-19(9-12-25-10-3-4-11-25)24-21(28-15)17-7-5-16(6-8-17)20-22-13-18(14-23-20)29(2,26)27/h5-8,13-14H,3-4,9-12H2,1-2H3. The van der Waals surface area contributed by atoms with Crippen molar-refractivity contribution in [2.75, 3.05) is 25.9 Å². The Bertz CT molecular complexity index is 1080. The molecule has 1 saturated heterocycles. The van der Waals surface area contributed by atoms with Crippen molar-refractivity contribution in [3.63, 3.8) is 0 Å². The van der Waals surface area contributed by atoms with E-state index < -0.39 is 9.84 Å². The van der Waals surface area contributed by atoms with Crippen LogP contribution in [0.1, 0.15) is 24.3 Å². The van der Waals surface area contributed by atoms with Gasteiger partial charge in [-0.1, -0.05) is 12.1 Å². The number of nitrogens with zero attached hydrogens (tertiary/aromatic N) is 4. The predicted molar refractivity (Wildman–Crippen MR) is 110 cm³/mol. The Labute approximate surface area is 170 Å². The van der Waals surface area contributed by atoms with Gasteiger partial charge in [0.2, 0.25) is 5.89 Å². The fourth-order valence-corrected chi connectivity index (χ4v) is 3.96. The lowest BCUT2D eigenvalue weighted by molar-refractivity contribution is 0.341. The maximum atomic E-state index is 11.5. The van der Waals surface area contributed by atoms with E-state index in [2.05, 4.69) is 14.9 Å². The predicted octanol–water partition coefficient (Wildman–Crippen LogP) is 3.15. The zero-order valence-electron chi connectivity index (χ0n) is 16.6. The van der Waals surface area contributed by atoms with Gasteiger partial charge >= 0.3 is 0 Å². The first-order valence-electron chi connectivity index (χ1n) is 9.72. The van der Waals surface area contributed by atoms with Crippen LogP contribution in [0.15, 0.2) is 46.0 Å². The SMILES string of the molecule is Cc1oc(-c2ccc(-c3ncc(S(C)(=O)=O)cn3)cc2)nc1CCN1CCCC1. The smallest absolute Gasteiger partial charge is 0.226 e. The highest BCUT2D eigenvalue weighted by Gasteiger charge is 2.16. The van der Waals surface area contributed by atoms with Crippen molar-refractivity contribution in [1.82, 2.24) is 19.9 Å². The molecule has 152 valence electrons. The summed E-state index contributed by atoms with van der Waals surface area (Å²) in [6.45, 7) is 5.34. The molecule has 2 aromatic heterocycles. The van der Waals surface area contributed by atoms with Gasteiger partial charge in [0.25, 0.3) is 0 Å². The van der Waals surface area contributed by atoms with Gasteiger partial charge in [0.15, 0.2) is 15.7 Å². The van der Waals surface area contributed by atoms with Crippen LogP contribution in [-0.2, 0) is 16.3 Å². The molecule has 0 aliphatic carbocycles. The van der Waals surface area contributed by atoms with E-state index in [9.17, 15) is 8.42 Å². The van der Waals surface area contributed by atoms with E-state index in [1.54, 1.807) is 0 Å². The van der Waals surface area contributed by atoms with E-state index in [-0.39, 0.29) is 4.90 Å². The van der Waals surface area contributed by atoms with Gasteiger partial charge in [-0.05, 0) is 45.0 Å². The van der Waals surface area contributed by atoms with Crippen molar-refractivity contribution in [1.29, 1.82) is 0 Å². The first-order chi connectivity index (χ1) is 13.9. The molecule has 1 fully saturated rings. The minimum atomic E-state index is -3.31. The molecule has 8 heteroatoms. The van der Waals surface area contributed by atoms with Gasteiger partial charge in [-0.25, -0.2) is 23.4 Å². The lowest BCUT2D eigenvalue weighted by Crippen LogP contribution is -2.22. The third-order valence-electron chi connectivity index (χ3n) is 5.20. The number of benzene rings is 1. The molecule has 3 heterocycles. The molecule has 0 radical (unpaired) electrons. The number of oxazole rings is 1. The Morgan fingerprint density at radius 3 is 2.28 bits per heavy atom. The van der Waals surface area contributed by atoms with Crippen molar-refractivity contribution in [2.45, 2.75) is 31.1 Å². The number of hydrogen-bond donors (Lipinski definition) is 0. The van der Waals surface area contributed by atoms with Crippen LogP contribution >= 0.6 is 0 Å². The average molecular weight is 413 g/mol. The van der Waals surface area contributed by atoms with Gasteiger partial charge in [-0.2, -0.15) is 0 Å². The van der Waals surface area contributed by atoms with Crippen LogP contribution < -0.4 is 0 Å². The second kappa shape index (κ2) is 8.04. The van der Waals surface area contributed by atoms with Crippen LogP contribution in [0.5, 0.6) is 0 Å². The van der Waals surface area contributed by atoms with E-state index in [0.29, 0.717) is 11.7 Å². The molecular formula is C21H24N4O3S. The topological polar surface area (TPSA) is 89.2 Å². The first kappa shape index (κ1) is 19.7. The van der Waals surface area contributed by atoms with Gasteiger partial charge < -0.3 is 9.32 Å². The van der Waals surface area contributed by atoms with Gasteiger partial charge in [0, 0.05) is 42.7 Å². The molecule has 0 N–H and O–H groups in total. The molecular weight excluding hydrogens is 388 g/mol. The highest BCUT2D eigenvalue weighted by atomic mass is 32.2. The molecule has 0 amide bonds. The minimum Gasteiger partial charge on any atom is -0.441 e. The summed E-state index contributed by atoms with van der Waals surface area (Å²) in [6.07, 6.45) is 7.27. The van der Waals surface area contributed by atoms with Crippen molar-refractivity contribution >= 4 is 9.84 Å². The Morgan fingerprint density at radius 1 is 1.03 bits per heavy atom.